The van der Waals surface area contributed by atoms with E-state index in [1.54, 1.807) is 32.9 Å². The standard InChI is InChI=1S/C18H23ClN2O5S2/c1-4-21(5-2)28(24,25)14-11-12-17(26-6-3)16(13-14)20-27(22,23)18-10-8-7-9-15(18)19/h7-13,20H,4-6H2,1-3H3. The lowest BCUT2D eigenvalue weighted by Gasteiger charge is -2.20. The summed E-state index contributed by atoms with van der Waals surface area (Å²) >= 11 is 6.01. The number of nitrogens with zero attached hydrogens (tertiary/aromatic N) is 1. The number of sulfonamides is 2. The van der Waals surface area contributed by atoms with Crippen LogP contribution < -0.4 is 9.46 Å². The second-order valence-electron chi connectivity index (χ2n) is 5.72. The van der Waals surface area contributed by atoms with E-state index in [1.165, 1.54) is 34.6 Å². The minimum atomic E-state index is -4.05. The van der Waals surface area contributed by atoms with Crippen molar-refractivity contribution in [2.75, 3.05) is 24.4 Å². The molecule has 0 bridgehead atoms. The largest absolute Gasteiger partial charge is 0.492 e. The minimum absolute atomic E-state index is 0.0231. The van der Waals surface area contributed by atoms with Gasteiger partial charge in [0.2, 0.25) is 10.0 Å². The van der Waals surface area contributed by atoms with Gasteiger partial charge in [-0.05, 0) is 37.3 Å². The van der Waals surface area contributed by atoms with Crippen LogP contribution in [0.4, 0.5) is 5.69 Å². The maximum atomic E-state index is 12.8. The summed E-state index contributed by atoms with van der Waals surface area (Å²) in [4.78, 5) is -0.146. The Kier molecular flexibility index (Phi) is 7.33. The summed E-state index contributed by atoms with van der Waals surface area (Å²) in [5.41, 5.74) is 0.0231. The molecule has 7 nitrogen and oxygen atoms in total. The Labute approximate surface area is 171 Å². The van der Waals surface area contributed by atoms with Crippen molar-refractivity contribution in [1.82, 2.24) is 4.31 Å². The molecular formula is C18H23ClN2O5S2. The van der Waals surface area contributed by atoms with E-state index in [4.69, 9.17) is 16.3 Å². The molecule has 10 heteroatoms. The Balaban J connectivity index is 2.54. The number of rotatable bonds is 9. The van der Waals surface area contributed by atoms with Crippen molar-refractivity contribution < 1.29 is 21.6 Å². The van der Waals surface area contributed by atoms with Crippen molar-refractivity contribution in [3.05, 3.63) is 47.5 Å². The maximum absolute atomic E-state index is 12.8. The zero-order valence-electron chi connectivity index (χ0n) is 15.8. The minimum Gasteiger partial charge on any atom is -0.492 e. The first kappa shape index (κ1) is 22.5. The Morgan fingerprint density at radius 1 is 1.00 bits per heavy atom. The van der Waals surface area contributed by atoms with Crippen molar-refractivity contribution in [2.24, 2.45) is 0 Å². The first-order valence-corrected chi connectivity index (χ1v) is 12.0. The molecule has 0 aromatic heterocycles. The van der Waals surface area contributed by atoms with Crippen LogP contribution in [0.5, 0.6) is 5.75 Å². The zero-order chi connectivity index (χ0) is 20.9. The molecular weight excluding hydrogens is 424 g/mol. The van der Waals surface area contributed by atoms with E-state index in [0.717, 1.165) is 0 Å². The van der Waals surface area contributed by atoms with Crippen molar-refractivity contribution >= 4 is 37.3 Å². The fourth-order valence-corrected chi connectivity index (χ4v) is 5.67. The van der Waals surface area contributed by atoms with Gasteiger partial charge in [0.15, 0.2) is 0 Å². The summed E-state index contributed by atoms with van der Waals surface area (Å²) < 4.78 is 60.3. The molecule has 28 heavy (non-hydrogen) atoms. The highest BCUT2D eigenvalue weighted by atomic mass is 35.5. The molecule has 2 aromatic carbocycles. The number of anilines is 1. The average molecular weight is 447 g/mol. The molecule has 2 rings (SSSR count). The Hall–Kier alpha value is -1.81. The number of hydrogen-bond donors (Lipinski definition) is 1. The molecule has 2 aromatic rings. The predicted molar refractivity (Wildman–Crippen MR) is 110 cm³/mol. The van der Waals surface area contributed by atoms with Crippen molar-refractivity contribution in [3.8, 4) is 5.75 Å². The number of benzene rings is 2. The molecule has 154 valence electrons. The summed E-state index contributed by atoms with van der Waals surface area (Å²) in [6.07, 6.45) is 0. The van der Waals surface area contributed by atoms with Crippen LogP contribution in [0.3, 0.4) is 0 Å². The van der Waals surface area contributed by atoms with Crippen LogP contribution in [-0.2, 0) is 20.0 Å². The van der Waals surface area contributed by atoms with Crippen LogP contribution in [0.2, 0.25) is 5.02 Å². The van der Waals surface area contributed by atoms with Crippen LogP contribution in [0, 0.1) is 0 Å². The molecule has 0 saturated heterocycles. The van der Waals surface area contributed by atoms with Gasteiger partial charge in [0.05, 0.1) is 22.2 Å². The van der Waals surface area contributed by atoms with E-state index < -0.39 is 20.0 Å². The topological polar surface area (TPSA) is 92.8 Å². The van der Waals surface area contributed by atoms with Crippen LogP contribution in [-0.4, -0.2) is 40.8 Å². The van der Waals surface area contributed by atoms with Gasteiger partial charge in [0.1, 0.15) is 10.6 Å². The molecule has 0 saturated carbocycles. The second kappa shape index (κ2) is 9.13. The maximum Gasteiger partial charge on any atom is 0.263 e. The highest BCUT2D eigenvalue weighted by Crippen LogP contribution is 2.32. The van der Waals surface area contributed by atoms with Gasteiger partial charge in [0, 0.05) is 13.1 Å². The monoisotopic (exact) mass is 446 g/mol. The number of nitrogens with one attached hydrogen (secondary N) is 1. The highest BCUT2D eigenvalue weighted by Gasteiger charge is 2.25. The first-order chi connectivity index (χ1) is 13.2. The third kappa shape index (κ3) is 4.78. The Morgan fingerprint density at radius 3 is 2.21 bits per heavy atom. The molecule has 0 aliphatic heterocycles. The lowest BCUT2D eigenvalue weighted by molar-refractivity contribution is 0.341. The first-order valence-electron chi connectivity index (χ1n) is 8.71. The quantitative estimate of drug-likeness (QED) is 0.635. The van der Waals surface area contributed by atoms with Crippen LogP contribution in [0.15, 0.2) is 52.3 Å². The lowest BCUT2D eigenvalue weighted by Crippen LogP contribution is -2.30. The highest BCUT2D eigenvalue weighted by molar-refractivity contribution is 7.93. The van der Waals surface area contributed by atoms with Crippen LogP contribution in [0.25, 0.3) is 0 Å². The van der Waals surface area contributed by atoms with Gasteiger partial charge < -0.3 is 4.74 Å². The van der Waals surface area contributed by atoms with Crippen molar-refractivity contribution in [1.29, 1.82) is 0 Å². The van der Waals surface area contributed by atoms with E-state index in [1.807, 2.05) is 0 Å². The van der Waals surface area contributed by atoms with E-state index in [2.05, 4.69) is 4.72 Å². The second-order valence-corrected chi connectivity index (χ2v) is 9.71. The lowest BCUT2D eigenvalue weighted by atomic mass is 10.3. The van der Waals surface area contributed by atoms with Gasteiger partial charge in [0.25, 0.3) is 10.0 Å². The van der Waals surface area contributed by atoms with Crippen LogP contribution in [0.1, 0.15) is 20.8 Å². The van der Waals surface area contributed by atoms with Gasteiger partial charge in [-0.15, -0.1) is 0 Å². The number of hydrogen-bond acceptors (Lipinski definition) is 5. The summed E-state index contributed by atoms with van der Waals surface area (Å²) in [7, 11) is -7.82. The fourth-order valence-electron chi connectivity index (χ4n) is 2.61. The Bertz CT molecular complexity index is 1040. The number of halogens is 1. The third-order valence-corrected chi connectivity index (χ3v) is 7.88. The third-order valence-electron chi connectivity index (χ3n) is 3.96. The molecule has 0 unspecified atom stereocenters. The summed E-state index contributed by atoms with van der Waals surface area (Å²) in [5.74, 6) is 0.219. The smallest absolute Gasteiger partial charge is 0.263 e. The van der Waals surface area contributed by atoms with E-state index in [-0.39, 0.29) is 32.9 Å². The zero-order valence-corrected chi connectivity index (χ0v) is 18.2. The van der Waals surface area contributed by atoms with Gasteiger partial charge in [-0.2, -0.15) is 4.31 Å². The molecule has 0 aliphatic carbocycles. The van der Waals surface area contributed by atoms with Gasteiger partial charge in [-0.1, -0.05) is 37.6 Å². The van der Waals surface area contributed by atoms with E-state index >= 15 is 0 Å². The van der Waals surface area contributed by atoms with E-state index in [0.29, 0.717) is 13.1 Å². The molecule has 0 radical (unpaired) electrons. The fraction of sp³-hybridized carbons (Fsp3) is 0.333. The number of ether oxygens (including phenoxy) is 1. The summed E-state index contributed by atoms with van der Waals surface area (Å²) in [6, 6.07) is 10.1. The molecule has 0 heterocycles. The van der Waals surface area contributed by atoms with Crippen molar-refractivity contribution in [2.45, 2.75) is 30.6 Å². The van der Waals surface area contributed by atoms with Crippen LogP contribution >= 0.6 is 11.6 Å². The Morgan fingerprint density at radius 2 is 1.64 bits per heavy atom. The average Bonchev–Trinajstić information content (AvgIpc) is 2.64. The molecule has 0 amide bonds. The molecule has 0 atom stereocenters. The van der Waals surface area contributed by atoms with Crippen molar-refractivity contribution in [3.63, 3.8) is 0 Å². The molecule has 0 spiro atoms. The SMILES string of the molecule is CCOc1ccc(S(=O)(=O)N(CC)CC)cc1NS(=O)(=O)c1ccccc1Cl. The predicted octanol–water partition coefficient (Wildman–Crippen LogP) is 3.57. The van der Waals surface area contributed by atoms with Gasteiger partial charge in [-0.25, -0.2) is 16.8 Å². The summed E-state index contributed by atoms with van der Waals surface area (Å²) in [5, 5.41) is 0.0554. The molecule has 0 fully saturated rings. The summed E-state index contributed by atoms with van der Waals surface area (Å²) in [6.45, 7) is 6.09. The van der Waals surface area contributed by atoms with Gasteiger partial charge in [-0.3, -0.25) is 4.72 Å². The van der Waals surface area contributed by atoms with E-state index in [9.17, 15) is 16.8 Å². The molecule has 0 aliphatic rings. The molecule has 1 N–H and O–H groups in total. The van der Waals surface area contributed by atoms with Gasteiger partial charge >= 0.3 is 0 Å². The normalized spacial score (nSPS) is 12.2.